The highest BCUT2D eigenvalue weighted by molar-refractivity contribution is 5.97. The SMILES string of the molecule is CCCCCCCCCCCCCCCCC(C(=O)O)C(=O)NC(C)(C(O)CO)N(CCNCC(=O)O)CC(=O)O. The summed E-state index contributed by atoms with van der Waals surface area (Å²) < 4.78 is 0. The molecule has 3 atom stereocenters. The first-order chi connectivity index (χ1) is 19.5. The maximum atomic E-state index is 13.0. The zero-order valence-corrected chi connectivity index (χ0v) is 25.1. The number of aliphatic carboxylic acids is 3. The molecule has 0 aliphatic heterocycles. The van der Waals surface area contributed by atoms with Crippen molar-refractivity contribution in [2.24, 2.45) is 5.92 Å². The van der Waals surface area contributed by atoms with Crippen molar-refractivity contribution in [2.45, 2.75) is 122 Å². The Bertz CT molecular complexity index is 753. The third kappa shape index (κ3) is 18.0. The number of hydrogen-bond acceptors (Lipinski definition) is 8. The molecule has 0 aromatic heterocycles. The number of rotatable bonds is 28. The van der Waals surface area contributed by atoms with Gasteiger partial charge in [-0.1, -0.05) is 96.8 Å². The maximum absolute atomic E-state index is 13.0. The van der Waals surface area contributed by atoms with Crippen LogP contribution in [0.1, 0.15) is 110 Å². The van der Waals surface area contributed by atoms with Gasteiger partial charge in [0.1, 0.15) is 17.7 Å². The summed E-state index contributed by atoms with van der Waals surface area (Å²) >= 11 is 0. The molecule has 0 aromatic rings. The number of unbranched alkanes of at least 4 members (excludes halogenated alkanes) is 13. The summed E-state index contributed by atoms with van der Waals surface area (Å²) in [6.45, 7) is 1.56. The molecular weight excluding hydrogens is 534 g/mol. The zero-order valence-electron chi connectivity index (χ0n) is 25.1. The molecule has 0 bridgehead atoms. The van der Waals surface area contributed by atoms with Gasteiger partial charge in [-0.05, 0) is 13.3 Å². The van der Waals surface area contributed by atoms with Crippen LogP contribution in [0.5, 0.6) is 0 Å². The third-order valence-electron chi connectivity index (χ3n) is 7.48. The molecule has 0 rings (SSSR count). The number of nitrogens with one attached hydrogen (secondary N) is 2. The summed E-state index contributed by atoms with van der Waals surface area (Å²) in [6.07, 6.45) is 14.5. The van der Waals surface area contributed by atoms with E-state index in [2.05, 4.69) is 17.6 Å². The van der Waals surface area contributed by atoms with Gasteiger partial charge in [0, 0.05) is 13.1 Å². The largest absolute Gasteiger partial charge is 0.481 e. The van der Waals surface area contributed by atoms with E-state index in [1.54, 1.807) is 0 Å². The number of carboxylic acids is 3. The molecule has 0 aromatic carbocycles. The van der Waals surface area contributed by atoms with Crippen molar-refractivity contribution in [3.05, 3.63) is 0 Å². The molecule has 1 amide bonds. The molecule has 3 unspecified atom stereocenters. The van der Waals surface area contributed by atoms with Crippen LogP contribution in [-0.4, -0.2) is 98.8 Å². The van der Waals surface area contributed by atoms with Gasteiger partial charge < -0.3 is 36.2 Å². The van der Waals surface area contributed by atoms with E-state index in [1.807, 2.05) is 0 Å². The predicted octanol–water partition coefficient (Wildman–Crippen LogP) is 2.81. The van der Waals surface area contributed by atoms with Crippen LogP contribution in [0.25, 0.3) is 0 Å². The Kier molecular flexibility index (Phi) is 22.0. The lowest BCUT2D eigenvalue weighted by atomic mass is 9.96. The van der Waals surface area contributed by atoms with E-state index in [4.69, 9.17) is 5.11 Å². The van der Waals surface area contributed by atoms with Crippen molar-refractivity contribution >= 4 is 23.8 Å². The van der Waals surface area contributed by atoms with Crippen LogP contribution in [0.4, 0.5) is 0 Å². The molecule has 0 saturated carbocycles. The normalized spacial score (nSPS) is 14.4. The fraction of sp³-hybridized carbons (Fsp3) is 0.862. The summed E-state index contributed by atoms with van der Waals surface area (Å²) in [4.78, 5) is 48.3. The summed E-state index contributed by atoms with van der Waals surface area (Å²) in [5.41, 5.74) is -1.82. The molecule has 0 radical (unpaired) electrons. The number of hydrogen-bond donors (Lipinski definition) is 7. The number of amides is 1. The van der Waals surface area contributed by atoms with Gasteiger partial charge in [-0.2, -0.15) is 0 Å². The van der Waals surface area contributed by atoms with Crippen molar-refractivity contribution in [1.82, 2.24) is 15.5 Å². The number of nitrogens with zero attached hydrogens (tertiary/aromatic N) is 1. The minimum Gasteiger partial charge on any atom is -0.481 e. The molecule has 0 aliphatic rings. The van der Waals surface area contributed by atoms with E-state index in [-0.39, 0.29) is 26.1 Å². The lowest BCUT2D eigenvalue weighted by molar-refractivity contribution is -0.154. The molecule has 0 heterocycles. The monoisotopic (exact) mass is 589 g/mol. The van der Waals surface area contributed by atoms with Crippen molar-refractivity contribution in [3.63, 3.8) is 0 Å². The van der Waals surface area contributed by atoms with Gasteiger partial charge in [0.25, 0.3) is 0 Å². The fourth-order valence-corrected chi connectivity index (χ4v) is 4.85. The molecular formula is C29H55N3O9. The van der Waals surface area contributed by atoms with Crippen LogP contribution in [0.3, 0.4) is 0 Å². The van der Waals surface area contributed by atoms with Gasteiger partial charge >= 0.3 is 17.9 Å². The van der Waals surface area contributed by atoms with Gasteiger partial charge in [0.15, 0.2) is 0 Å². The van der Waals surface area contributed by atoms with Gasteiger partial charge in [-0.15, -0.1) is 0 Å². The summed E-state index contributed by atoms with van der Waals surface area (Å²) in [5.74, 6) is -6.03. The minimum absolute atomic E-state index is 0.00456. The lowest BCUT2D eigenvalue weighted by Gasteiger charge is -2.44. The second-order valence-corrected chi connectivity index (χ2v) is 11.0. The van der Waals surface area contributed by atoms with Crippen LogP contribution in [0.15, 0.2) is 0 Å². The van der Waals surface area contributed by atoms with Crippen molar-refractivity contribution in [3.8, 4) is 0 Å². The number of carboxylic acid groups (broad SMARTS) is 3. The van der Waals surface area contributed by atoms with Crippen molar-refractivity contribution < 1.29 is 44.7 Å². The fourth-order valence-electron chi connectivity index (χ4n) is 4.85. The second-order valence-electron chi connectivity index (χ2n) is 11.0. The van der Waals surface area contributed by atoms with Crippen molar-refractivity contribution in [1.29, 1.82) is 0 Å². The Morgan fingerprint density at radius 2 is 1.27 bits per heavy atom. The molecule has 41 heavy (non-hydrogen) atoms. The van der Waals surface area contributed by atoms with Crippen molar-refractivity contribution in [2.75, 3.05) is 32.8 Å². The number of aliphatic hydroxyl groups is 2. The smallest absolute Gasteiger partial charge is 0.317 e. The standard InChI is InChI=1S/C29H55N3O9/c1-3-4-5-6-7-8-9-10-11-12-13-14-15-16-17-23(28(40)41)27(39)31-29(2,24(34)22-33)32(21-26(37)38)19-18-30-20-25(35)36/h23-24,30,33-34H,3-22H2,1-2H3,(H,31,39)(H,35,36)(H,37,38)(H,40,41). The van der Waals surface area contributed by atoms with Gasteiger partial charge in [0.2, 0.25) is 5.91 Å². The molecule has 7 N–H and O–H groups in total. The van der Waals surface area contributed by atoms with Gasteiger partial charge in [0.05, 0.1) is 19.7 Å². The van der Waals surface area contributed by atoms with E-state index >= 15 is 0 Å². The highest BCUT2D eigenvalue weighted by atomic mass is 16.4. The van der Waals surface area contributed by atoms with Crippen LogP contribution in [-0.2, 0) is 19.2 Å². The van der Waals surface area contributed by atoms with Gasteiger partial charge in [-0.3, -0.25) is 24.1 Å². The Morgan fingerprint density at radius 3 is 1.68 bits per heavy atom. The predicted molar refractivity (Wildman–Crippen MR) is 155 cm³/mol. The van der Waals surface area contributed by atoms with E-state index in [1.165, 1.54) is 64.7 Å². The summed E-state index contributed by atoms with van der Waals surface area (Å²) in [5, 5.41) is 53.1. The molecule has 0 spiro atoms. The second kappa shape index (κ2) is 23.3. The molecule has 12 nitrogen and oxygen atoms in total. The lowest BCUT2D eigenvalue weighted by Crippen LogP contribution is -2.68. The Morgan fingerprint density at radius 1 is 0.780 bits per heavy atom. The average Bonchev–Trinajstić information content (AvgIpc) is 2.91. The number of carbonyl (C=O) groups is 4. The first-order valence-electron chi connectivity index (χ1n) is 15.2. The summed E-state index contributed by atoms with van der Waals surface area (Å²) in [7, 11) is 0. The third-order valence-corrected chi connectivity index (χ3v) is 7.48. The minimum atomic E-state index is -1.82. The van der Waals surface area contributed by atoms with E-state index in [0.29, 0.717) is 6.42 Å². The Labute approximate surface area is 244 Å². The number of aliphatic hydroxyl groups excluding tert-OH is 2. The van der Waals surface area contributed by atoms with Crippen LogP contribution < -0.4 is 10.6 Å². The van der Waals surface area contributed by atoms with E-state index < -0.39 is 54.7 Å². The van der Waals surface area contributed by atoms with E-state index in [9.17, 15) is 39.6 Å². The van der Waals surface area contributed by atoms with Crippen LogP contribution >= 0.6 is 0 Å². The van der Waals surface area contributed by atoms with Gasteiger partial charge in [-0.25, -0.2) is 0 Å². The summed E-state index contributed by atoms with van der Waals surface area (Å²) in [6, 6.07) is 0. The average molecular weight is 590 g/mol. The van der Waals surface area contributed by atoms with Crippen LogP contribution in [0.2, 0.25) is 0 Å². The molecule has 0 fully saturated rings. The molecule has 0 saturated heterocycles. The Balaban J connectivity index is 4.77. The molecule has 240 valence electrons. The first-order valence-corrected chi connectivity index (χ1v) is 15.2. The maximum Gasteiger partial charge on any atom is 0.317 e. The highest BCUT2D eigenvalue weighted by Crippen LogP contribution is 2.20. The number of carbonyl (C=O) groups excluding carboxylic acids is 1. The first kappa shape index (κ1) is 38.7. The van der Waals surface area contributed by atoms with Crippen LogP contribution in [0, 0.1) is 5.92 Å². The molecule has 0 aliphatic carbocycles. The zero-order chi connectivity index (χ0) is 31.1. The molecule has 12 heteroatoms. The topological polar surface area (TPSA) is 197 Å². The highest BCUT2D eigenvalue weighted by Gasteiger charge is 2.43. The Hall–Kier alpha value is -2.28. The van der Waals surface area contributed by atoms with E-state index in [0.717, 1.165) is 30.6 Å². The quantitative estimate of drug-likeness (QED) is 0.0402.